The molecular weight excluding hydrogens is 200 g/mol. The van der Waals surface area contributed by atoms with Crippen molar-refractivity contribution in [1.29, 1.82) is 0 Å². The summed E-state index contributed by atoms with van der Waals surface area (Å²) in [4.78, 5) is 8.41. The van der Waals surface area contributed by atoms with E-state index in [0.717, 1.165) is 25.3 Å². The van der Waals surface area contributed by atoms with E-state index < -0.39 is 0 Å². The van der Waals surface area contributed by atoms with E-state index in [9.17, 15) is 0 Å². The third kappa shape index (κ3) is 5.81. The maximum atomic E-state index is 5.48. The van der Waals surface area contributed by atoms with Crippen molar-refractivity contribution < 1.29 is 4.74 Å². The number of hydrogen-bond acceptors (Lipinski definition) is 3. The first-order valence-electron chi connectivity index (χ1n) is 6.20. The van der Waals surface area contributed by atoms with Gasteiger partial charge in [-0.05, 0) is 32.8 Å². The molecule has 3 heteroatoms. The molecule has 16 heavy (non-hydrogen) atoms. The molecule has 0 fully saturated rings. The lowest BCUT2D eigenvalue weighted by Crippen LogP contribution is -2.07. The van der Waals surface area contributed by atoms with Gasteiger partial charge in [0.15, 0.2) is 0 Å². The smallest absolute Gasteiger partial charge is 0.128 e. The van der Waals surface area contributed by atoms with Crippen LogP contribution >= 0.6 is 0 Å². The standard InChI is InChI=1S/C13H22N2O/c1-3-16-12(2)8-5-4-6-9-13-14-10-7-11-15-13/h7,10-12H,3-6,8-9H2,1-2H3. The van der Waals surface area contributed by atoms with Gasteiger partial charge in [0.25, 0.3) is 0 Å². The summed E-state index contributed by atoms with van der Waals surface area (Å²) in [5.74, 6) is 0.959. The van der Waals surface area contributed by atoms with Crippen molar-refractivity contribution in [3.63, 3.8) is 0 Å². The van der Waals surface area contributed by atoms with Crippen molar-refractivity contribution in [2.75, 3.05) is 6.61 Å². The Morgan fingerprint density at radius 2 is 1.94 bits per heavy atom. The first kappa shape index (κ1) is 13.1. The second kappa shape index (κ2) is 8.22. The fourth-order valence-electron chi connectivity index (χ4n) is 1.72. The molecule has 0 saturated heterocycles. The molecule has 1 unspecified atom stereocenters. The first-order chi connectivity index (χ1) is 7.83. The van der Waals surface area contributed by atoms with Crippen LogP contribution in [-0.4, -0.2) is 22.7 Å². The number of nitrogens with zero attached hydrogens (tertiary/aromatic N) is 2. The summed E-state index contributed by atoms with van der Waals surface area (Å²) in [6, 6.07) is 1.85. The van der Waals surface area contributed by atoms with E-state index in [1.54, 1.807) is 12.4 Å². The molecule has 1 heterocycles. The summed E-state index contributed by atoms with van der Waals surface area (Å²) in [5.41, 5.74) is 0. The monoisotopic (exact) mass is 222 g/mol. The summed E-state index contributed by atoms with van der Waals surface area (Å²) < 4.78 is 5.48. The van der Waals surface area contributed by atoms with Crippen LogP contribution in [0.5, 0.6) is 0 Å². The number of ether oxygens (including phenoxy) is 1. The van der Waals surface area contributed by atoms with Gasteiger partial charge in [-0.25, -0.2) is 9.97 Å². The molecule has 0 aliphatic carbocycles. The lowest BCUT2D eigenvalue weighted by atomic mass is 10.1. The third-order valence-corrected chi connectivity index (χ3v) is 2.58. The Bertz CT molecular complexity index is 264. The number of aryl methyl sites for hydroxylation is 1. The molecular formula is C13H22N2O. The normalized spacial score (nSPS) is 12.6. The average molecular weight is 222 g/mol. The van der Waals surface area contributed by atoms with Gasteiger partial charge in [0.05, 0.1) is 6.10 Å². The largest absolute Gasteiger partial charge is 0.379 e. The molecule has 0 N–H and O–H groups in total. The molecule has 0 aliphatic rings. The van der Waals surface area contributed by atoms with Gasteiger partial charge < -0.3 is 4.74 Å². The van der Waals surface area contributed by atoms with E-state index in [4.69, 9.17) is 4.74 Å². The van der Waals surface area contributed by atoms with Crippen LogP contribution in [0.3, 0.4) is 0 Å². The number of unbranched alkanes of at least 4 members (excludes halogenated alkanes) is 2. The highest BCUT2D eigenvalue weighted by molar-refractivity contribution is 4.88. The lowest BCUT2D eigenvalue weighted by molar-refractivity contribution is 0.0684. The molecule has 90 valence electrons. The third-order valence-electron chi connectivity index (χ3n) is 2.58. The van der Waals surface area contributed by atoms with Crippen LogP contribution in [0.2, 0.25) is 0 Å². The number of aromatic nitrogens is 2. The van der Waals surface area contributed by atoms with Gasteiger partial charge in [-0.15, -0.1) is 0 Å². The number of rotatable bonds is 8. The highest BCUT2D eigenvalue weighted by Gasteiger charge is 2.00. The fraction of sp³-hybridized carbons (Fsp3) is 0.692. The van der Waals surface area contributed by atoms with Crippen LogP contribution < -0.4 is 0 Å². The van der Waals surface area contributed by atoms with Crippen LogP contribution in [0, 0.1) is 0 Å². The van der Waals surface area contributed by atoms with Gasteiger partial charge in [0.2, 0.25) is 0 Å². The van der Waals surface area contributed by atoms with Gasteiger partial charge in [-0.1, -0.05) is 12.8 Å². The Hall–Kier alpha value is -0.960. The van der Waals surface area contributed by atoms with Gasteiger partial charge in [-0.3, -0.25) is 0 Å². The predicted molar refractivity (Wildman–Crippen MR) is 65.3 cm³/mol. The van der Waals surface area contributed by atoms with Gasteiger partial charge in [-0.2, -0.15) is 0 Å². The molecule has 0 saturated carbocycles. The molecule has 1 aromatic rings. The summed E-state index contributed by atoms with van der Waals surface area (Å²) in [6.07, 6.45) is 9.79. The van der Waals surface area contributed by atoms with Crippen molar-refractivity contribution in [3.8, 4) is 0 Å². The summed E-state index contributed by atoms with van der Waals surface area (Å²) in [5, 5.41) is 0. The van der Waals surface area contributed by atoms with Crippen molar-refractivity contribution in [2.24, 2.45) is 0 Å². The van der Waals surface area contributed by atoms with E-state index in [1.165, 1.54) is 19.3 Å². The van der Waals surface area contributed by atoms with Crippen LogP contribution in [0.4, 0.5) is 0 Å². The van der Waals surface area contributed by atoms with Crippen molar-refractivity contribution in [3.05, 3.63) is 24.3 Å². The molecule has 0 aliphatic heterocycles. The molecule has 1 atom stereocenters. The maximum Gasteiger partial charge on any atom is 0.128 e. The molecule has 1 rings (SSSR count). The van der Waals surface area contributed by atoms with Gasteiger partial charge in [0, 0.05) is 25.4 Å². The second-order valence-electron chi connectivity index (χ2n) is 4.03. The zero-order chi connectivity index (χ0) is 11.6. The molecule has 0 aromatic carbocycles. The topological polar surface area (TPSA) is 35.0 Å². The van der Waals surface area contributed by atoms with Gasteiger partial charge in [0.1, 0.15) is 5.82 Å². The SMILES string of the molecule is CCOC(C)CCCCCc1ncccn1. The van der Waals surface area contributed by atoms with E-state index in [1.807, 2.05) is 13.0 Å². The summed E-state index contributed by atoms with van der Waals surface area (Å²) in [6.45, 7) is 5.01. The van der Waals surface area contributed by atoms with Gasteiger partial charge >= 0.3 is 0 Å². The molecule has 0 spiro atoms. The zero-order valence-corrected chi connectivity index (χ0v) is 10.4. The molecule has 0 radical (unpaired) electrons. The predicted octanol–water partition coefficient (Wildman–Crippen LogP) is 3.00. The summed E-state index contributed by atoms with van der Waals surface area (Å²) in [7, 11) is 0. The zero-order valence-electron chi connectivity index (χ0n) is 10.4. The quantitative estimate of drug-likeness (QED) is 0.634. The molecule has 1 aromatic heterocycles. The lowest BCUT2D eigenvalue weighted by Gasteiger charge is -2.10. The Balaban J connectivity index is 2.00. The van der Waals surface area contributed by atoms with Crippen LogP contribution in [-0.2, 0) is 11.2 Å². The maximum absolute atomic E-state index is 5.48. The molecule has 3 nitrogen and oxygen atoms in total. The van der Waals surface area contributed by atoms with Crippen molar-refractivity contribution >= 4 is 0 Å². The minimum absolute atomic E-state index is 0.401. The van der Waals surface area contributed by atoms with Crippen LogP contribution in [0.25, 0.3) is 0 Å². The van der Waals surface area contributed by atoms with Crippen LogP contribution in [0.1, 0.15) is 45.4 Å². The number of hydrogen-bond donors (Lipinski definition) is 0. The van der Waals surface area contributed by atoms with E-state index in [-0.39, 0.29) is 0 Å². The highest BCUT2D eigenvalue weighted by atomic mass is 16.5. The highest BCUT2D eigenvalue weighted by Crippen LogP contribution is 2.08. The Kier molecular flexibility index (Phi) is 6.74. The van der Waals surface area contributed by atoms with Crippen molar-refractivity contribution in [2.45, 2.75) is 52.1 Å². The minimum Gasteiger partial charge on any atom is -0.379 e. The van der Waals surface area contributed by atoms with E-state index in [0.29, 0.717) is 6.10 Å². The average Bonchev–Trinajstić information content (AvgIpc) is 2.30. The van der Waals surface area contributed by atoms with Crippen LogP contribution in [0.15, 0.2) is 18.5 Å². The Morgan fingerprint density at radius 3 is 2.62 bits per heavy atom. The fourth-order valence-corrected chi connectivity index (χ4v) is 1.72. The Labute approximate surface area is 98.3 Å². The first-order valence-corrected chi connectivity index (χ1v) is 6.20. The minimum atomic E-state index is 0.401. The Morgan fingerprint density at radius 1 is 1.19 bits per heavy atom. The van der Waals surface area contributed by atoms with Crippen molar-refractivity contribution in [1.82, 2.24) is 9.97 Å². The molecule has 0 bridgehead atoms. The molecule has 0 amide bonds. The second-order valence-corrected chi connectivity index (χ2v) is 4.03. The van der Waals surface area contributed by atoms with E-state index in [2.05, 4.69) is 16.9 Å². The summed E-state index contributed by atoms with van der Waals surface area (Å²) >= 11 is 0. The van der Waals surface area contributed by atoms with E-state index >= 15 is 0 Å².